The molecule has 0 aliphatic carbocycles. The second kappa shape index (κ2) is 9.17. The van der Waals surface area contributed by atoms with Gasteiger partial charge in [0.1, 0.15) is 0 Å². The molecule has 1 aliphatic heterocycles. The lowest BCUT2D eigenvalue weighted by Gasteiger charge is -2.35. The fourth-order valence-electron chi connectivity index (χ4n) is 2.97. The summed E-state index contributed by atoms with van der Waals surface area (Å²) in [6.07, 6.45) is 0.764. The van der Waals surface area contributed by atoms with E-state index < -0.39 is 0 Å². The van der Waals surface area contributed by atoms with Crippen LogP contribution in [0.15, 0.2) is 28.8 Å². The van der Waals surface area contributed by atoms with E-state index in [1.807, 2.05) is 7.05 Å². The molecular formula is C18H28ClN5O. The zero-order valence-electron chi connectivity index (χ0n) is 15.2. The minimum Gasteiger partial charge on any atom is -0.369 e. The van der Waals surface area contributed by atoms with Crippen molar-refractivity contribution < 1.29 is 4.52 Å². The molecule has 6 nitrogen and oxygen atoms in total. The quantitative estimate of drug-likeness (QED) is 0.848. The number of halogens is 1. The number of nitrogens with one attached hydrogen (secondary N) is 1. The maximum Gasteiger partial charge on any atom is 0.257 e. The van der Waals surface area contributed by atoms with Gasteiger partial charge in [0.2, 0.25) is 0 Å². The number of likely N-dealkylation sites (N-methyl/N-ethyl adjacent to an activating group) is 2. The summed E-state index contributed by atoms with van der Waals surface area (Å²) < 4.78 is 5.40. The molecule has 0 spiro atoms. The Labute approximate surface area is 156 Å². The van der Waals surface area contributed by atoms with E-state index in [4.69, 9.17) is 4.52 Å². The Balaban J connectivity index is 0.00000225. The Morgan fingerprint density at radius 3 is 2.44 bits per heavy atom. The Morgan fingerprint density at radius 1 is 1.16 bits per heavy atom. The van der Waals surface area contributed by atoms with Gasteiger partial charge in [-0.15, -0.1) is 12.4 Å². The van der Waals surface area contributed by atoms with Gasteiger partial charge in [0.25, 0.3) is 5.89 Å². The van der Waals surface area contributed by atoms with Gasteiger partial charge in [0, 0.05) is 49.9 Å². The summed E-state index contributed by atoms with van der Waals surface area (Å²) in [4.78, 5) is 9.41. The summed E-state index contributed by atoms with van der Waals surface area (Å²) in [5, 5.41) is 7.25. The summed E-state index contributed by atoms with van der Waals surface area (Å²) in [6.45, 7) is 9.89. The standard InChI is InChI=1S/C18H27N5O.ClH/c1-4-22-9-11-23(12-10-22)16-7-5-15(6-8-16)18-20-17(21-24-18)13-14(2)19-3;/h5-8,14,19H,4,9-13H2,1-3H3;1H. The van der Waals surface area contributed by atoms with E-state index in [1.165, 1.54) is 5.69 Å². The minimum atomic E-state index is 0. The highest BCUT2D eigenvalue weighted by Gasteiger charge is 2.16. The van der Waals surface area contributed by atoms with Gasteiger partial charge in [-0.25, -0.2) is 0 Å². The maximum absolute atomic E-state index is 5.40. The van der Waals surface area contributed by atoms with Crippen LogP contribution >= 0.6 is 12.4 Å². The molecule has 1 N–H and O–H groups in total. The predicted molar refractivity (Wildman–Crippen MR) is 104 cm³/mol. The fourth-order valence-corrected chi connectivity index (χ4v) is 2.97. The van der Waals surface area contributed by atoms with Crippen molar-refractivity contribution in [3.05, 3.63) is 30.1 Å². The van der Waals surface area contributed by atoms with E-state index in [0.29, 0.717) is 11.9 Å². The number of benzene rings is 1. The van der Waals surface area contributed by atoms with E-state index in [0.717, 1.165) is 50.5 Å². The van der Waals surface area contributed by atoms with Gasteiger partial charge in [0.05, 0.1) is 0 Å². The van der Waals surface area contributed by atoms with Crippen molar-refractivity contribution in [1.82, 2.24) is 20.4 Å². The molecule has 25 heavy (non-hydrogen) atoms. The first kappa shape index (κ1) is 19.7. The predicted octanol–water partition coefficient (Wildman–Crippen LogP) is 2.45. The van der Waals surface area contributed by atoms with Gasteiger partial charge >= 0.3 is 0 Å². The summed E-state index contributed by atoms with van der Waals surface area (Å²) in [7, 11) is 1.94. The zero-order chi connectivity index (χ0) is 16.9. The summed E-state index contributed by atoms with van der Waals surface area (Å²) >= 11 is 0. The molecule has 1 saturated heterocycles. The summed E-state index contributed by atoms with van der Waals surface area (Å²) in [5.74, 6) is 1.34. The second-order valence-electron chi connectivity index (χ2n) is 6.38. The van der Waals surface area contributed by atoms with Crippen LogP contribution in [0.3, 0.4) is 0 Å². The van der Waals surface area contributed by atoms with Crippen LogP contribution in [-0.4, -0.2) is 60.9 Å². The molecule has 1 aliphatic rings. The number of rotatable bonds is 6. The van der Waals surface area contributed by atoms with E-state index in [2.05, 4.69) is 63.4 Å². The number of hydrogen-bond acceptors (Lipinski definition) is 6. The molecule has 0 radical (unpaired) electrons. The van der Waals surface area contributed by atoms with Crippen LogP contribution in [0.25, 0.3) is 11.5 Å². The third-order valence-electron chi connectivity index (χ3n) is 4.75. The van der Waals surface area contributed by atoms with Crippen LogP contribution in [-0.2, 0) is 6.42 Å². The van der Waals surface area contributed by atoms with E-state index in [9.17, 15) is 0 Å². The molecule has 7 heteroatoms. The number of piperazine rings is 1. The first-order valence-corrected chi connectivity index (χ1v) is 8.77. The van der Waals surface area contributed by atoms with Crippen LogP contribution in [0.5, 0.6) is 0 Å². The van der Waals surface area contributed by atoms with Gasteiger partial charge in [-0.3, -0.25) is 0 Å². The van der Waals surface area contributed by atoms with Crippen LogP contribution in [0.2, 0.25) is 0 Å². The molecule has 138 valence electrons. The number of hydrogen-bond donors (Lipinski definition) is 1. The Bertz CT molecular complexity index is 637. The smallest absolute Gasteiger partial charge is 0.257 e. The van der Waals surface area contributed by atoms with E-state index in [1.54, 1.807) is 0 Å². The topological polar surface area (TPSA) is 57.4 Å². The highest BCUT2D eigenvalue weighted by molar-refractivity contribution is 5.85. The molecule has 2 heterocycles. The number of aromatic nitrogens is 2. The van der Waals surface area contributed by atoms with Gasteiger partial charge < -0.3 is 19.6 Å². The summed E-state index contributed by atoms with van der Waals surface area (Å²) in [6, 6.07) is 8.77. The highest BCUT2D eigenvalue weighted by Crippen LogP contribution is 2.23. The van der Waals surface area contributed by atoms with Crippen molar-refractivity contribution in [3.8, 4) is 11.5 Å². The lowest BCUT2D eigenvalue weighted by molar-refractivity contribution is 0.271. The first-order chi connectivity index (χ1) is 11.7. The Kier molecular flexibility index (Phi) is 7.23. The lowest BCUT2D eigenvalue weighted by Crippen LogP contribution is -2.46. The minimum absolute atomic E-state index is 0. The van der Waals surface area contributed by atoms with Crippen LogP contribution in [0, 0.1) is 0 Å². The highest BCUT2D eigenvalue weighted by atomic mass is 35.5. The first-order valence-electron chi connectivity index (χ1n) is 8.77. The van der Waals surface area contributed by atoms with Gasteiger partial charge in [0.15, 0.2) is 5.82 Å². The molecule has 2 aromatic rings. The van der Waals surface area contributed by atoms with Gasteiger partial charge in [-0.1, -0.05) is 12.1 Å². The summed E-state index contributed by atoms with van der Waals surface area (Å²) in [5.41, 5.74) is 2.24. The molecule has 1 aromatic carbocycles. The second-order valence-corrected chi connectivity index (χ2v) is 6.38. The SMILES string of the molecule is CCN1CCN(c2ccc(-c3nc(CC(C)NC)no3)cc2)CC1.Cl. The van der Waals surface area contributed by atoms with Gasteiger partial charge in [-0.05, 0) is 44.8 Å². The zero-order valence-corrected chi connectivity index (χ0v) is 16.1. The van der Waals surface area contributed by atoms with Gasteiger partial charge in [-0.2, -0.15) is 4.98 Å². The fraction of sp³-hybridized carbons (Fsp3) is 0.556. The lowest BCUT2D eigenvalue weighted by atomic mass is 10.1. The monoisotopic (exact) mass is 365 g/mol. The molecule has 0 saturated carbocycles. The van der Waals surface area contributed by atoms with Crippen molar-refractivity contribution in [2.45, 2.75) is 26.3 Å². The molecule has 3 rings (SSSR count). The van der Waals surface area contributed by atoms with Crippen LogP contribution in [0.4, 0.5) is 5.69 Å². The third kappa shape index (κ3) is 4.93. The molecule has 1 unspecified atom stereocenters. The van der Waals surface area contributed by atoms with Crippen molar-refractivity contribution in [2.75, 3.05) is 44.7 Å². The van der Waals surface area contributed by atoms with Crippen molar-refractivity contribution in [1.29, 1.82) is 0 Å². The largest absolute Gasteiger partial charge is 0.369 e. The molecule has 0 bridgehead atoms. The average molecular weight is 366 g/mol. The molecule has 1 fully saturated rings. The Hall–Kier alpha value is -1.63. The molecular weight excluding hydrogens is 338 g/mol. The van der Waals surface area contributed by atoms with Crippen molar-refractivity contribution in [3.63, 3.8) is 0 Å². The van der Waals surface area contributed by atoms with E-state index >= 15 is 0 Å². The van der Waals surface area contributed by atoms with Crippen LogP contribution in [0.1, 0.15) is 19.7 Å². The number of nitrogens with zero attached hydrogens (tertiary/aromatic N) is 4. The number of anilines is 1. The Morgan fingerprint density at radius 2 is 1.84 bits per heavy atom. The van der Waals surface area contributed by atoms with Crippen LogP contribution < -0.4 is 10.2 Å². The average Bonchev–Trinajstić information content (AvgIpc) is 3.10. The van der Waals surface area contributed by atoms with Crippen molar-refractivity contribution in [2.24, 2.45) is 0 Å². The van der Waals surface area contributed by atoms with Crippen molar-refractivity contribution >= 4 is 18.1 Å². The maximum atomic E-state index is 5.40. The normalized spacial score (nSPS) is 16.5. The molecule has 1 atom stereocenters. The molecule has 0 amide bonds. The third-order valence-corrected chi connectivity index (χ3v) is 4.75. The van der Waals surface area contributed by atoms with E-state index in [-0.39, 0.29) is 12.4 Å². The molecule has 1 aromatic heterocycles.